The van der Waals surface area contributed by atoms with Gasteiger partial charge in [0, 0.05) is 17.3 Å². The van der Waals surface area contributed by atoms with Gasteiger partial charge in [-0.15, -0.1) is 0 Å². The second kappa shape index (κ2) is 7.38. The first-order valence-corrected chi connectivity index (χ1v) is 8.46. The molecule has 0 saturated heterocycles. The molecule has 2 amide bonds. The van der Waals surface area contributed by atoms with Crippen molar-refractivity contribution >= 4 is 17.5 Å². The minimum absolute atomic E-state index is 0.109. The van der Waals surface area contributed by atoms with Crippen molar-refractivity contribution in [2.45, 2.75) is 38.8 Å². The van der Waals surface area contributed by atoms with E-state index in [1.54, 1.807) is 31.2 Å². The maximum absolute atomic E-state index is 12.3. The minimum Gasteiger partial charge on any atom is -0.481 e. The molecule has 1 fully saturated rings. The van der Waals surface area contributed by atoms with Gasteiger partial charge in [-0.1, -0.05) is 23.8 Å². The van der Waals surface area contributed by atoms with Gasteiger partial charge < -0.3 is 15.4 Å². The van der Waals surface area contributed by atoms with Crippen LogP contribution in [0, 0.1) is 6.92 Å². The van der Waals surface area contributed by atoms with Gasteiger partial charge in [0.15, 0.2) is 6.10 Å². The summed E-state index contributed by atoms with van der Waals surface area (Å²) in [5.74, 6) is 0.272. The molecule has 3 rings (SSSR count). The molecule has 2 aromatic rings. The van der Waals surface area contributed by atoms with E-state index < -0.39 is 6.10 Å². The third-order valence-corrected chi connectivity index (χ3v) is 4.01. The van der Waals surface area contributed by atoms with Gasteiger partial charge in [0.05, 0.1) is 0 Å². The molecule has 0 spiro atoms. The first-order valence-electron chi connectivity index (χ1n) is 8.46. The van der Waals surface area contributed by atoms with E-state index in [1.165, 1.54) is 0 Å². The number of carbonyl (C=O) groups is 2. The summed E-state index contributed by atoms with van der Waals surface area (Å²) < 4.78 is 5.65. The number of ether oxygens (including phenoxy) is 1. The van der Waals surface area contributed by atoms with Gasteiger partial charge in [-0.25, -0.2) is 0 Å². The van der Waals surface area contributed by atoms with Crippen LogP contribution in [0.3, 0.4) is 0 Å². The van der Waals surface area contributed by atoms with Crippen LogP contribution < -0.4 is 15.4 Å². The quantitative estimate of drug-likeness (QED) is 0.849. The van der Waals surface area contributed by atoms with Crippen LogP contribution in [0.4, 0.5) is 5.69 Å². The van der Waals surface area contributed by atoms with Crippen molar-refractivity contribution in [3.63, 3.8) is 0 Å². The van der Waals surface area contributed by atoms with Crippen LogP contribution in [0.5, 0.6) is 5.75 Å². The van der Waals surface area contributed by atoms with Crippen LogP contribution in [-0.2, 0) is 4.79 Å². The summed E-state index contributed by atoms with van der Waals surface area (Å²) in [5, 5.41) is 5.73. The van der Waals surface area contributed by atoms with Crippen molar-refractivity contribution in [2.24, 2.45) is 0 Å². The van der Waals surface area contributed by atoms with Gasteiger partial charge in [0.2, 0.25) is 0 Å². The van der Waals surface area contributed by atoms with E-state index in [1.807, 2.05) is 31.2 Å². The molecule has 1 aliphatic rings. The van der Waals surface area contributed by atoms with Gasteiger partial charge in [-0.05, 0) is 57.0 Å². The molecule has 1 aliphatic carbocycles. The lowest BCUT2D eigenvalue weighted by Gasteiger charge is -2.15. The predicted octanol–water partition coefficient (Wildman–Crippen LogP) is 3.29. The largest absolute Gasteiger partial charge is 0.481 e. The third kappa shape index (κ3) is 4.83. The molecule has 5 heteroatoms. The monoisotopic (exact) mass is 338 g/mol. The first-order chi connectivity index (χ1) is 12.0. The van der Waals surface area contributed by atoms with Gasteiger partial charge in [-0.3, -0.25) is 9.59 Å². The molecule has 0 radical (unpaired) electrons. The number of hydrogen-bond acceptors (Lipinski definition) is 3. The zero-order chi connectivity index (χ0) is 17.8. The number of anilines is 1. The van der Waals surface area contributed by atoms with Crippen LogP contribution in [0.15, 0.2) is 48.5 Å². The average Bonchev–Trinajstić information content (AvgIpc) is 3.41. The fraction of sp³-hybridized carbons (Fsp3) is 0.300. The van der Waals surface area contributed by atoms with Gasteiger partial charge in [0.25, 0.3) is 11.8 Å². The number of hydrogen-bond donors (Lipinski definition) is 2. The maximum Gasteiger partial charge on any atom is 0.265 e. The summed E-state index contributed by atoms with van der Waals surface area (Å²) in [7, 11) is 0. The van der Waals surface area contributed by atoms with E-state index >= 15 is 0 Å². The molecule has 1 saturated carbocycles. The minimum atomic E-state index is -0.647. The Morgan fingerprint density at radius 2 is 1.84 bits per heavy atom. The highest BCUT2D eigenvalue weighted by Gasteiger charge is 2.24. The van der Waals surface area contributed by atoms with Crippen molar-refractivity contribution in [1.82, 2.24) is 5.32 Å². The molecule has 2 aromatic carbocycles. The molecule has 0 aromatic heterocycles. The molecule has 130 valence electrons. The van der Waals surface area contributed by atoms with Crippen LogP contribution in [0.2, 0.25) is 0 Å². The van der Waals surface area contributed by atoms with Crippen molar-refractivity contribution in [1.29, 1.82) is 0 Å². The molecular formula is C20H22N2O3. The number of benzene rings is 2. The standard InChI is InChI=1S/C20H22N2O3/c1-13-6-10-18(11-7-13)25-14(2)19(23)22-17-5-3-4-15(12-17)20(24)21-16-8-9-16/h3-7,10-12,14,16H,8-9H2,1-2H3,(H,21,24)(H,22,23)/t14-/m1/s1. The van der Waals surface area contributed by atoms with Gasteiger partial charge in [0.1, 0.15) is 5.75 Å². The molecule has 25 heavy (non-hydrogen) atoms. The van der Waals surface area contributed by atoms with Crippen molar-refractivity contribution in [3.05, 3.63) is 59.7 Å². The molecule has 0 bridgehead atoms. The maximum atomic E-state index is 12.3. The third-order valence-electron chi connectivity index (χ3n) is 4.01. The summed E-state index contributed by atoms with van der Waals surface area (Å²) in [6.07, 6.45) is 1.43. The fourth-order valence-electron chi connectivity index (χ4n) is 2.35. The number of nitrogens with one attached hydrogen (secondary N) is 2. The average molecular weight is 338 g/mol. The topological polar surface area (TPSA) is 67.4 Å². The lowest BCUT2D eigenvalue weighted by atomic mass is 10.2. The highest BCUT2D eigenvalue weighted by atomic mass is 16.5. The first kappa shape index (κ1) is 17.0. The molecule has 0 unspecified atom stereocenters. The SMILES string of the molecule is Cc1ccc(O[C@H](C)C(=O)Nc2cccc(C(=O)NC3CC3)c2)cc1. The molecule has 1 atom stereocenters. The lowest BCUT2D eigenvalue weighted by Crippen LogP contribution is -2.30. The molecule has 5 nitrogen and oxygen atoms in total. The predicted molar refractivity (Wildman–Crippen MR) is 96.8 cm³/mol. The Bertz CT molecular complexity index is 767. The number of rotatable bonds is 6. The Morgan fingerprint density at radius 3 is 2.52 bits per heavy atom. The van der Waals surface area contributed by atoms with Crippen LogP contribution in [0.1, 0.15) is 35.7 Å². The van der Waals surface area contributed by atoms with E-state index in [0.29, 0.717) is 23.0 Å². The second-order valence-electron chi connectivity index (χ2n) is 6.39. The van der Waals surface area contributed by atoms with Crippen LogP contribution in [-0.4, -0.2) is 24.0 Å². The number of aryl methyl sites for hydroxylation is 1. The molecule has 0 heterocycles. The number of amides is 2. The van der Waals surface area contributed by atoms with E-state index in [9.17, 15) is 9.59 Å². The summed E-state index contributed by atoms with van der Waals surface area (Å²) in [5.41, 5.74) is 2.25. The zero-order valence-corrected chi connectivity index (χ0v) is 14.4. The van der Waals surface area contributed by atoms with Crippen molar-refractivity contribution in [2.75, 3.05) is 5.32 Å². The van der Waals surface area contributed by atoms with E-state index in [0.717, 1.165) is 18.4 Å². The highest BCUT2D eigenvalue weighted by Crippen LogP contribution is 2.20. The van der Waals surface area contributed by atoms with Crippen molar-refractivity contribution in [3.8, 4) is 5.75 Å². The summed E-state index contributed by atoms with van der Waals surface area (Å²) in [6.45, 7) is 3.69. The van der Waals surface area contributed by atoms with E-state index in [2.05, 4.69) is 10.6 Å². The summed E-state index contributed by atoms with van der Waals surface area (Å²) >= 11 is 0. The lowest BCUT2D eigenvalue weighted by molar-refractivity contribution is -0.122. The fourth-order valence-corrected chi connectivity index (χ4v) is 2.35. The zero-order valence-electron chi connectivity index (χ0n) is 14.4. The Labute approximate surface area is 147 Å². The Morgan fingerprint density at radius 1 is 1.12 bits per heavy atom. The molecular weight excluding hydrogens is 316 g/mol. The molecule has 2 N–H and O–H groups in total. The Hall–Kier alpha value is -2.82. The van der Waals surface area contributed by atoms with Gasteiger partial charge >= 0.3 is 0 Å². The second-order valence-corrected chi connectivity index (χ2v) is 6.39. The Kier molecular flexibility index (Phi) is 5.03. The highest BCUT2D eigenvalue weighted by molar-refractivity contribution is 5.98. The Balaban J connectivity index is 1.59. The van der Waals surface area contributed by atoms with E-state index in [-0.39, 0.29) is 11.8 Å². The summed E-state index contributed by atoms with van der Waals surface area (Å²) in [6, 6.07) is 14.8. The number of carbonyl (C=O) groups excluding carboxylic acids is 2. The van der Waals surface area contributed by atoms with E-state index in [4.69, 9.17) is 4.74 Å². The van der Waals surface area contributed by atoms with Gasteiger partial charge in [-0.2, -0.15) is 0 Å². The molecule has 0 aliphatic heterocycles. The van der Waals surface area contributed by atoms with Crippen molar-refractivity contribution < 1.29 is 14.3 Å². The smallest absolute Gasteiger partial charge is 0.265 e. The summed E-state index contributed by atoms with van der Waals surface area (Å²) in [4.78, 5) is 24.4. The van der Waals surface area contributed by atoms with Crippen LogP contribution >= 0.6 is 0 Å². The van der Waals surface area contributed by atoms with Crippen LogP contribution in [0.25, 0.3) is 0 Å². The normalized spacial score (nSPS) is 14.5.